The van der Waals surface area contributed by atoms with Crippen LogP contribution in [0.3, 0.4) is 0 Å². The van der Waals surface area contributed by atoms with Gasteiger partial charge in [0.2, 0.25) is 0 Å². The average molecular weight is 293 g/mol. The fourth-order valence-electron chi connectivity index (χ4n) is 2.25. The van der Waals surface area contributed by atoms with Crippen LogP contribution in [0.15, 0.2) is 18.2 Å². The van der Waals surface area contributed by atoms with E-state index in [1.807, 2.05) is 39.0 Å². The zero-order valence-corrected chi connectivity index (χ0v) is 13.3. The quantitative estimate of drug-likeness (QED) is 0.755. The number of anilines is 1. The summed E-state index contributed by atoms with van der Waals surface area (Å²) in [7, 11) is 1.31. The van der Waals surface area contributed by atoms with Crippen molar-refractivity contribution in [1.82, 2.24) is 0 Å². The second-order valence-electron chi connectivity index (χ2n) is 4.84. The Balaban J connectivity index is 3.24. The molecule has 0 aromatic heterocycles. The van der Waals surface area contributed by atoms with Crippen molar-refractivity contribution in [2.75, 3.05) is 25.2 Å². The molecule has 0 aliphatic carbocycles. The van der Waals surface area contributed by atoms with Gasteiger partial charge in [0, 0.05) is 6.61 Å². The molecule has 0 spiro atoms. The van der Waals surface area contributed by atoms with Crippen molar-refractivity contribution >= 4 is 17.6 Å². The number of carbonyl (C=O) groups is 2. The lowest BCUT2D eigenvalue weighted by Crippen LogP contribution is -2.46. The van der Waals surface area contributed by atoms with E-state index in [0.29, 0.717) is 6.61 Å². The first-order valence-electron chi connectivity index (χ1n) is 6.97. The van der Waals surface area contributed by atoms with E-state index in [-0.39, 0.29) is 12.5 Å². The van der Waals surface area contributed by atoms with Crippen LogP contribution in [0, 0.1) is 13.8 Å². The molecule has 1 amide bonds. The predicted octanol–water partition coefficient (Wildman–Crippen LogP) is 2.23. The molecule has 1 aromatic rings. The van der Waals surface area contributed by atoms with Gasteiger partial charge >= 0.3 is 5.97 Å². The van der Waals surface area contributed by atoms with Crippen LogP contribution in [0.5, 0.6) is 0 Å². The molecule has 5 heteroatoms. The monoisotopic (exact) mass is 293 g/mol. The second-order valence-corrected chi connectivity index (χ2v) is 4.84. The van der Waals surface area contributed by atoms with Crippen LogP contribution >= 0.6 is 0 Å². The van der Waals surface area contributed by atoms with E-state index < -0.39 is 12.0 Å². The minimum Gasteiger partial charge on any atom is -0.467 e. The van der Waals surface area contributed by atoms with E-state index in [1.54, 1.807) is 6.92 Å². The van der Waals surface area contributed by atoms with Gasteiger partial charge in [0.15, 0.2) is 0 Å². The fourth-order valence-corrected chi connectivity index (χ4v) is 2.25. The third kappa shape index (κ3) is 4.04. The summed E-state index contributed by atoms with van der Waals surface area (Å²) < 4.78 is 9.97. The number of nitrogens with zero attached hydrogens (tertiary/aromatic N) is 1. The van der Waals surface area contributed by atoms with Crippen LogP contribution < -0.4 is 4.90 Å². The van der Waals surface area contributed by atoms with E-state index in [4.69, 9.17) is 9.47 Å². The summed E-state index contributed by atoms with van der Waals surface area (Å²) >= 11 is 0. The summed E-state index contributed by atoms with van der Waals surface area (Å²) in [6, 6.07) is 5.03. The van der Waals surface area contributed by atoms with Crippen molar-refractivity contribution < 1.29 is 19.1 Å². The maximum Gasteiger partial charge on any atom is 0.328 e. The second kappa shape index (κ2) is 7.78. The molecule has 0 N–H and O–H groups in total. The normalized spacial score (nSPS) is 11.9. The minimum atomic E-state index is -0.706. The summed E-state index contributed by atoms with van der Waals surface area (Å²) in [5, 5.41) is 0. The molecular formula is C16H23NO4. The van der Waals surface area contributed by atoms with Gasteiger partial charge in [0.1, 0.15) is 12.6 Å². The number of esters is 1. The van der Waals surface area contributed by atoms with Crippen LogP contribution in [0.25, 0.3) is 0 Å². The van der Waals surface area contributed by atoms with Crippen molar-refractivity contribution in [3.05, 3.63) is 29.3 Å². The van der Waals surface area contributed by atoms with Gasteiger partial charge in [-0.1, -0.05) is 18.2 Å². The summed E-state index contributed by atoms with van der Waals surface area (Å²) in [5.74, 6) is -0.713. The maximum atomic E-state index is 12.5. The van der Waals surface area contributed by atoms with Gasteiger partial charge in [-0.25, -0.2) is 4.79 Å². The predicted molar refractivity (Wildman–Crippen MR) is 81.4 cm³/mol. The summed E-state index contributed by atoms with van der Waals surface area (Å²) in [5.41, 5.74) is 2.59. The highest BCUT2D eigenvalue weighted by Crippen LogP contribution is 2.27. The third-order valence-corrected chi connectivity index (χ3v) is 3.31. The molecule has 1 rings (SSSR count). The van der Waals surface area contributed by atoms with Crippen LogP contribution in [0.1, 0.15) is 25.0 Å². The Labute approximate surface area is 125 Å². The SMILES string of the molecule is CCOCC(=O)N(c1c(C)cccc1C)[C@@H](C)C(=O)OC. The zero-order valence-electron chi connectivity index (χ0n) is 13.3. The third-order valence-electron chi connectivity index (χ3n) is 3.31. The fraction of sp³-hybridized carbons (Fsp3) is 0.500. The van der Waals surface area contributed by atoms with Gasteiger partial charge in [-0.15, -0.1) is 0 Å². The summed E-state index contributed by atoms with van der Waals surface area (Å²) in [4.78, 5) is 25.8. The number of rotatable bonds is 6. The molecule has 0 heterocycles. The molecule has 0 aliphatic rings. The lowest BCUT2D eigenvalue weighted by atomic mass is 10.1. The first-order chi connectivity index (χ1) is 9.93. The zero-order chi connectivity index (χ0) is 16.0. The number of benzene rings is 1. The van der Waals surface area contributed by atoms with Crippen molar-refractivity contribution in [1.29, 1.82) is 0 Å². The van der Waals surface area contributed by atoms with E-state index in [9.17, 15) is 9.59 Å². The number of para-hydroxylation sites is 1. The Morgan fingerprint density at radius 3 is 2.29 bits per heavy atom. The van der Waals surface area contributed by atoms with E-state index >= 15 is 0 Å². The van der Waals surface area contributed by atoms with E-state index in [1.165, 1.54) is 12.0 Å². The minimum absolute atomic E-state index is 0.0639. The topological polar surface area (TPSA) is 55.8 Å². The lowest BCUT2D eigenvalue weighted by Gasteiger charge is -2.30. The molecule has 0 saturated heterocycles. The average Bonchev–Trinajstić information content (AvgIpc) is 2.47. The van der Waals surface area contributed by atoms with Crippen molar-refractivity contribution in [2.45, 2.75) is 33.7 Å². The smallest absolute Gasteiger partial charge is 0.328 e. The van der Waals surface area contributed by atoms with Gasteiger partial charge in [-0.3, -0.25) is 9.69 Å². The first-order valence-corrected chi connectivity index (χ1v) is 6.97. The highest BCUT2D eigenvalue weighted by Gasteiger charge is 2.30. The Kier molecular flexibility index (Phi) is 6.37. The molecule has 1 aromatic carbocycles. The number of amides is 1. The molecule has 5 nitrogen and oxygen atoms in total. The molecular weight excluding hydrogens is 270 g/mol. The first kappa shape index (κ1) is 17.2. The Morgan fingerprint density at radius 2 is 1.81 bits per heavy atom. The van der Waals surface area contributed by atoms with Crippen molar-refractivity contribution in [3.8, 4) is 0 Å². The highest BCUT2D eigenvalue weighted by atomic mass is 16.5. The van der Waals surface area contributed by atoms with Crippen LogP contribution in [-0.4, -0.2) is 38.2 Å². The molecule has 116 valence electrons. The van der Waals surface area contributed by atoms with Gasteiger partial charge in [-0.05, 0) is 38.8 Å². The van der Waals surface area contributed by atoms with Crippen LogP contribution in [0.4, 0.5) is 5.69 Å². The number of carbonyl (C=O) groups excluding carboxylic acids is 2. The number of methoxy groups -OCH3 is 1. The number of ether oxygens (including phenoxy) is 2. The Bertz CT molecular complexity index is 493. The Hall–Kier alpha value is -1.88. The molecule has 0 aliphatic heterocycles. The van der Waals surface area contributed by atoms with Crippen molar-refractivity contribution in [3.63, 3.8) is 0 Å². The summed E-state index contributed by atoms with van der Waals surface area (Å²) in [6.07, 6.45) is 0. The number of hydrogen-bond donors (Lipinski definition) is 0. The van der Waals surface area contributed by atoms with E-state index in [0.717, 1.165) is 16.8 Å². The standard InChI is InChI=1S/C16H23NO4/c1-6-21-10-14(18)17(13(4)16(19)20-5)15-11(2)8-7-9-12(15)3/h7-9,13H,6,10H2,1-5H3/t13-/m0/s1. The lowest BCUT2D eigenvalue weighted by molar-refractivity contribution is -0.143. The largest absolute Gasteiger partial charge is 0.467 e. The molecule has 0 bridgehead atoms. The molecule has 0 radical (unpaired) electrons. The van der Waals surface area contributed by atoms with E-state index in [2.05, 4.69) is 0 Å². The van der Waals surface area contributed by atoms with Gasteiger partial charge in [-0.2, -0.15) is 0 Å². The molecule has 1 atom stereocenters. The Morgan fingerprint density at radius 1 is 1.24 bits per heavy atom. The number of hydrogen-bond acceptors (Lipinski definition) is 4. The van der Waals surface area contributed by atoms with Gasteiger partial charge in [0.25, 0.3) is 5.91 Å². The van der Waals surface area contributed by atoms with Gasteiger partial charge < -0.3 is 9.47 Å². The summed E-state index contributed by atoms with van der Waals surface area (Å²) in [6.45, 7) is 7.67. The molecule has 0 saturated carbocycles. The van der Waals surface area contributed by atoms with Crippen LogP contribution in [0.2, 0.25) is 0 Å². The maximum absolute atomic E-state index is 12.5. The number of aryl methyl sites for hydroxylation is 2. The molecule has 0 fully saturated rings. The van der Waals surface area contributed by atoms with Crippen molar-refractivity contribution in [2.24, 2.45) is 0 Å². The molecule has 21 heavy (non-hydrogen) atoms. The van der Waals surface area contributed by atoms with Gasteiger partial charge in [0.05, 0.1) is 12.8 Å². The van der Waals surface area contributed by atoms with Crippen LogP contribution in [-0.2, 0) is 19.1 Å². The molecule has 0 unspecified atom stereocenters. The highest BCUT2D eigenvalue weighted by molar-refractivity contribution is 6.01.